The summed E-state index contributed by atoms with van der Waals surface area (Å²) in [6.07, 6.45) is 3.35. The van der Waals surface area contributed by atoms with Gasteiger partial charge in [0.2, 0.25) is 0 Å². The number of ether oxygens (including phenoxy) is 1. The summed E-state index contributed by atoms with van der Waals surface area (Å²) in [5.41, 5.74) is -0.0639. The number of nitrogens with zero attached hydrogens (tertiary/aromatic N) is 1. The van der Waals surface area contributed by atoms with E-state index in [1.807, 2.05) is 5.06 Å². The Labute approximate surface area is 97.9 Å². The summed E-state index contributed by atoms with van der Waals surface area (Å²) in [6.45, 7) is 8.57. The standard InChI is InChI=1S/C12H23NO3/c1-11(2)7-6-8-12(3,4)13(11)16-9-10(14)15-5/h6-9H2,1-5H3. The topological polar surface area (TPSA) is 38.8 Å². The molecule has 0 N–H and O–H groups in total. The smallest absolute Gasteiger partial charge is 0.333 e. The molecule has 0 aliphatic carbocycles. The molecule has 4 nitrogen and oxygen atoms in total. The van der Waals surface area contributed by atoms with Gasteiger partial charge in [-0.2, -0.15) is 5.06 Å². The molecule has 0 spiro atoms. The molecule has 1 rings (SSSR count). The van der Waals surface area contributed by atoms with E-state index >= 15 is 0 Å². The fraction of sp³-hybridized carbons (Fsp3) is 0.917. The molecule has 0 saturated carbocycles. The average Bonchev–Trinajstić information content (AvgIpc) is 2.14. The molecule has 0 aromatic heterocycles. The van der Waals surface area contributed by atoms with Crippen LogP contribution in [0.3, 0.4) is 0 Å². The number of hydrogen-bond donors (Lipinski definition) is 0. The van der Waals surface area contributed by atoms with Gasteiger partial charge in [-0.25, -0.2) is 4.79 Å². The number of methoxy groups -OCH3 is 1. The van der Waals surface area contributed by atoms with Crippen LogP contribution in [-0.2, 0) is 14.4 Å². The third-order valence-corrected chi connectivity index (χ3v) is 3.22. The van der Waals surface area contributed by atoms with E-state index in [9.17, 15) is 4.79 Å². The SMILES string of the molecule is COC(=O)CON1C(C)(C)CCCC1(C)C. The molecule has 0 aromatic carbocycles. The fourth-order valence-corrected chi connectivity index (χ4v) is 2.50. The second-order valence-corrected chi connectivity index (χ2v) is 5.62. The van der Waals surface area contributed by atoms with Gasteiger partial charge in [-0.05, 0) is 47.0 Å². The highest BCUT2D eigenvalue weighted by Crippen LogP contribution is 2.38. The van der Waals surface area contributed by atoms with Crippen LogP contribution < -0.4 is 0 Å². The molecule has 0 unspecified atom stereocenters. The molecule has 1 aliphatic heterocycles. The van der Waals surface area contributed by atoms with Crippen LogP contribution >= 0.6 is 0 Å². The zero-order chi connectivity index (χ0) is 12.4. The minimum absolute atomic E-state index is 0.0106. The van der Waals surface area contributed by atoms with E-state index in [1.54, 1.807) is 0 Å². The summed E-state index contributed by atoms with van der Waals surface area (Å²) < 4.78 is 4.59. The first-order chi connectivity index (χ1) is 7.29. The highest BCUT2D eigenvalue weighted by Gasteiger charge is 2.42. The molecular weight excluding hydrogens is 206 g/mol. The Bertz CT molecular complexity index is 245. The maximum atomic E-state index is 11.1. The van der Waals surface area contributed by atoms with Crippen LogP contribution in [0.2, 0.25) is 0 Å². The fourth-order valence-electron chi connectivity index (χ4n) is 2.50. The van der Waals surface area contributed by atoms with E-state index in [0.717, 1.165) is 12.8 Å². The highest BCUT2D eigenvalue weighted by atomic mass is 16.7. The van der Waals surface area contributed by atoms with Crippen molar-refractivity contribution < 1.29 is 14.4 Å². The quantitative estimate of drug-likeness (QED) is 0.695. The van der Waals surface area contributed by atoms with Gasteiger partial charge in [-0.15, -0.1) is 0 Å². The first-order valence-corrected chi connectivity index (χ1v) is 5.80. The minimum atomic E-state index is -0.336. The largest absolute Gasteiger partial charge is 0.467 e. The van der Waals surface area contributed by atoms with E-state index in [-0.39, 0.29) is 23.7 Å². The molecule has 0 amide bonds. The summed E-state index contributed by atoms with van der Waals surface area (Å²) in [7, 11) is 1.37. The van der Waals surface area contributed by atoms with Crippen LogP contribution in [0.25, 0.3) is 0 Å². The maximum Gasteiger partial charge on any atom is 0.333 e. The Kier molecular flexibility index (Phi) is 3.97. The normalized spacial score (nSPS) is 24.1. The Morgan fingerprint density at radius 2 is 1.69 bits per heavy atom. The van der Waals surface area contributed by atoms with Crippen LogP contribution in [0.5, 0.6) is 0 Å². The van der Waals surface area contributed by atoms with Crippen molar-refractivity contribution >= 4 is 5.97 Å². The number of hydroxylamine groups is 2. The Hall–Kier alpha value is -0.610. The van der Waals surface area contributed by atoms with Gasteiger partial charge in [0.25, 0.3) is 0 Å². The Balaban J connectivity index is 2.67. The van der Waals surface area contributed by atoms with Crippen molar-refractivity contribution in [1.29, 1.82) is 0 Å². The van der Waals surface area contributed by atoms with Crippen molar-refractivity contribution in [2.24, 2.45) is 0 Å². The molecule has 94 valence electrons. The van der Waals surface area contributed by atoms with Gasteiger partial charge in [0.1, 0.15) is 0 Å². The van der Waals surface area contributed by atoms with Gasteiger partial charge in [0.05, 0.1) is 7.11 Å². The predicted molar refractivity (Wildman–Crippen MR) is 61.8 cm³/mol. The van der Waals surface area contributed by atoms with Crippen molar-refractivity contribution in [3.63, 3.8) is 0 Å². The van der Waals surface area contributed by atoms with Crippen LogP contribution in [0.15, 0.2) is 0 Å². The van der Waals surface area contributed by atoms with Crippen LogP contribution in [0.1, 0.15) is 47.0 Å². The predicted octanol–water partition coefficient (Wildman–Crippen LogP) is 2.13. The van der Waals surface area contributed by atoms with Gasteiger partial charge < -0.3 is 4.74 Å². The maximum absolute atomic E-state index is 11.1. The van der Waals surface area contributed by atoms with E-state index in [1.165, 1.54) is 13.5 Å². The lowest BCUT2D eigenvalue weighted by Crippen LogP contribution is -2.58. The average molecular weight is 229 g/mol. The van der Waals surface area contributed by atoms with Crippen molar-refractivity contribution in [1.82, 2.24) is 5.06 Å². The molecule has 4 heteroatoms. The highest BCUT2D eigenvalue weighted by molar-refractivity contribution is 5.70. The number of hydrogen-bond acceptors (Lipinski definition) is 4. The molecule has 0 bridgehead atoms. The molecule has 0 radical (unpaired) electrons. The van der Waals surface area contributed by atoms with E-state index in [0.29, 0.717) is 0 Å². The number of carbonyl (C=O) groups excluding carboxylic acids is 1. The van der Waals surface area contributed by atoms with Crippen LogP contribution in [0.4, 0.5) is 0 Å². The number of carbonyl (C=O) groups is 1. The Morgan fingerprint density at radius 1 is 1.19 bits per heavy atom. The van der Waals surface area contributed by atoms with Crippen LogP contribution in [0, 0.1) is 0 Å². The molecule has 1 aliphatic rings. The monoisotopic (exact) mass is 229 g/mol. The van der Waals surface area contributed by atoms with Crippen molar-refractivity contribution in [3.05, 3.63) is 0 Å². The van der Waals surface area contributed by atoms with Gasteiger partial charge in [-0.3, -0.25) is 4.84 Å². The molecule has 1 saturated heterocycles. The zero-order valence-corrected chi connectivity index (χ0v) is 11.0. The first-order valence-electron chi connectivity index (χ1n) is 5.80. The zero-order valence-electron chi connectivity index (χ0n) is 11.0. The molecule has 0 aromatic rings. The van der Waals surface area contributed by atoms with Crippen molar-refractivity contribution in [3.8, 4) is 0 Å². The lowest BCUT2D eigenvalue weighted by molar-refractivity contribution is -0.279. The number of esters is 1. The van der Waals surface area contributed by atoms with Gasteiger partial charge in [0.15, 0.2) is 6.61 Å². The van der Waals surface area contributed by atoms with Gasteiger partial charge >= 0.3 is 5.97 Å². The third-order valence-electron chi connectivity index (χ3n) is 3.22. The summed E-state index contributed by atoms with van der Waals surface area (Å²) in [5.74, 6) is -0.336. The third kappa shape index (κ3) is 2.95. The number of piperidine rings is 1. The van der Waals surface area contributed by atoms with E-state index < -0.39 is 0 Å². The van der Waals surface area contributed by atoms with E-state index in [2.05, 4.69) is 32.4 Å². The van der Waals surface area contributed by atoms with Crippen LogP contribution in [-0.4, -0.2) is 35.8 Å². The lowest BCUT2D eigenvalue weighted by atomic mass is 9.82. The summed E-state index contributed by atoms with van der Waals surface area (Å²) in [4.78, 5) is 16.7. The minimum Gasteiger partial charge on any atom is -0.467 e. The molecule has 0 atom stereocenters. The summed E-state index contributed by atoms with van der Waals surface area (Å²) in [6, 6.07) is 0. The van der Waals surface area contributed by atoms with E-state index in [4.69, 9.17) is 4.84 Å². The summed E-state index contributed by atoms with van der Waals surface area (Å²) in [5, 5.41) is 1.96. The molecule has 1 heterocycles. The first kappa shape index (κ1) is 13.5. The molecule has 1 fully saturated rings. The number of rotatable bonds is 3. The molecule has 16 heavy (non-hydrogen) atoms. The van der Waals surface area contributed by atoms with Gasteiger partial charge in [0, 0.05) is 11.1 Å². The summed E-state index contributed by atoms with van der Waals surface area (Å²) >= 11 is 0. The molecular formula is C12H23NO3. The Morgan fingerprint density at radius 3 is 2.12 bits per heavy atom. The van der Waals surface area contributed by atoms with Gasteiger partial charge in [-0.1, -0.05) is 0 Å². The van der Waals surface area contributed by atoms with Crippen molar-refractivity contribution in [2.75, 3.05) is 13.7 Å². The second kappa shape index (κ2) is 4.72. The van der Waals surface area contributed by atoms with Crippen molar-refractivity contribution in [2.45, 2.75) is 58.0 Å². The lowest BCUT2D eigenvalue weighted by Gasteiger charge is -2.51. The second-order valence-electron chi connectivity index (χ2n) is 5.62.